The quantitative estimate of drug-likeness (QED) is 0.659. The number of benzene rings is 1. The Morgan fingerprint density at radius 1 is 1.12 bits per heavy atom. The summed E-state index contributed by atoms with van der Waals surface area (Å²) in [4.78, 5) is 11.3. The molecular formula is C22H32N5O4S-. The van der Waals surface area contributed by atoms with Gasteiger partial charge in [-0.2, -0.15) is 0 Å². The highest BCUT2D eigenvalue weighted by Gasteiger charge is 2.39. The van der Waals surface area contributed by atoms with Crippen LogP contribution in [0.25, 0.3) is 10.9 Å². The molecule has 2 aliphatic heterocycles. The van der Waals surface area contributed by atoms with Crippen LogP contribution in [-0.2, 0) is 15.0 Å². The minimum Gasteiger partial charge on any atom is -0.493 e. The molecule has 1 N–H and O–H groups in total. The van der Waals surface area contributed by atoms with Crippen LogP contribution in [0.3, 0.4) is 0 Å². The normalized spacial score (nSPS) is 20.2. The third-order valence-electron chi connectivity index (χ3n) is 6.43. The van der Waals surface area contributed by atoms with Crippen molar-refractivity contribution in [1.82, 2.24) is 14.3 Å². The number of ether oxygens (including phenoxy) is 2. The summed E-state index contributed by atoms with van der Waals surface area (Å²) in [6.07, 6.45) is 4.62. The van der Waals surface area contributed by atoms with E-state index in [1.165, 1.54) is 0 Å². The summed E-state index contributed by atoms with van der Waals surface area (Å²) in [5.41, 5.74) is 0.0368. The largest absolute Gasteiger partial charge is 0.493 e. The fourth-order valence-electron chi connectivity index (χ4n) is 4.54. The van der Waals surface area contributed by atoms with Crippen molar-refractivity contribution in [2.45, 2.75) is 38.7 Å². The van der Waals surface area contributed by atoms with E-state index in [9.17, 15) is 9.32 Å². The highest BCUT2D eigenvalue weighted by molar-refractivity contribution is 7.72. The fourth-order valence-corrected chi connectivity index (χ4v) is 5.77. The summed E-state index contributed by atoms with van der Waals surface area (Å²) in [6.45, 7) is 6.83. The van der Waals surface area contributed by atoms with Gasteiger partial charge < -0.3 is 32.4 Å². The van der Waals surface area contributed by atoms with Gasteiger partial charge in [-0.05, 0) is 57.7 Å². The van der Waals surface area contributed by atoms with Gasteiger partial charge in [-0.25, -0.2) is 9.97 Å². The molecule has 176 valence electrons. The van der Waals surface area contributed by atoms with Gasteiger partial charge in [0.1, 0.15) is 12.1 Å². The van der Waals surface area contributed by atoms with Crippen molar-refractivity contribution in [3.05, 3.63) is 18.5 Å². The average Bonchev–Trinajstić information content (AvgIpc) is 3.19. The van der Waals surface area contributed by atoms with Gasteiger partial charge in [0, 0.05) is 31.1 Å². The zero-order chi connectivity index (χ0) is 22.9. The lowest BCUT2D eigenvalue weighted by Gasteiger charge is -2.40. The van der Waals surface area contributed by atoms with E-state index in [0.717, 1.165) is 62.2 Å². The number of aromatic nitrogens is 2. The SMILES string of the molecule is COc1cc2ncnc(N3CCC4(CC3)CCN([S-](=O)=NCC(C)(C)O)C4)c2cc1OC. The van der Waals surface area contributed by atoms with E-state index >= 15 is 0 Å². The van der Waals surface area contributed by atoms with Crippen LogP contribution in [0.4, 0.5) is 5.82 Å². The summed E-state index contributed by atoms with van der Waals surface area (Å²) in [5.74, 6) is 2.22. The van der Waals surface area contributed by atoms with Crippen molar-refractivity contribution in [3.8, 4) is 11.5 Å². The zero-order valence-electron chi connectivity index (χ0n) is 19.2. The lowest BCUT2D eigenvalue weighted by Crippen LogP contribution is -2.42. The van der Waals surface area contributed by atoms with Crippen molar-refractivity contribution >= 4 is 27.5 Å². The number of hydrogen-bond acceptors (Lipinski definition) is 9. The first-order chi connectivity index (χ1) is 15.2. The second-order valence-electron chi connectivity index (χ2n) is 9.35. The highest BCUT2D eigenvalue weighted by Crippen LogP contribution is 2.42. The molecule has 4 rings (SSSR count). The number of aliphatic hydroxyl groups is 1. The molecule has 2 fully saturated rings. The van der Waals surface area contributed by atoms with E-state index in [2.05, 4.69) is 19.2 Å². The molecule has 2 aromatic rings. The van der Waals surface area contributed by atoms with E-state index in [4.69, 9.17) is 9.47 Å². The van der Waals surface area contributed by atoms with E-state index in [1.807, 2.05) is 16.4 Å². The predicted molar refractivity (Wildman–Crippen MR) is 124 cm³/mol. The number of anilines is 1. The molecular weight excluding hydrogens is 430 g/mol. The minimum atomic E-state index is -1.40. The Morgan fingerprint density at radius 2 is 1.78 bits per heavy atom. The van der Waals surface area contributed by atoms with Crippen LogP contribution in [0.15, 0.2) is 22.8 Å². The van der Waals surface area contributed by atoms with E-state index in [1.54, 1.807) is 34.4 Å². The fraction of sp³-hybridized carbons (Fsp3) is 0.636. The maximum Gasteiger partial charge on any atom is 0.162 e. The molecule has 0 amide bonds. The molecule has 3 heterocycles. The van der Waals surface area contributed by atoms with Gasteiger partial charge in [-0.3, -0.25) is 0 Å². The topological polar surface area (TPSA) is 100 Å². The van der Waals surface area contributed by atoms with Crippen LogP contribution in [0.1, 0.15) is 33.1 Å². The maximum absolute atomic E-state index is 12.6. The number of nitrogens with zero attached hydrogens (tertiary/aromatic N) is 5. The molecule has 0 bridgehead atoms. The molecule has 2 aliphatic rings. The van der Waals surface area contributed by atoms with Gasteiger partial charge in [0.05, 0.1) is 25.3 Å². The molecule has 0 atom stereocenters. The highest BCUT2D eigenvalue weighted by atomic mass is 32.2. The summed E-state index contributed by atoms with van der Waals surface area (Å²) in [7, 11) is 1.84. The molecule has 0 radical (unpaired) electrons. The van der Waals surface area contributed by atoms with Gasteiger partial charge in [0.2, 0.25) is 0 Å². The second-order valence-corrected chi connectivity index (χ2v) is 10.6. The number of fused-ring (bicyclic) bond motifs is 1. The van der Waals surface area contributed by atoms with Gasteiger partial charge in [-0.1, -0.05) is 0 Å². The first kappa shape index (κ1) is 23.0. The van der Waals surface area contributed by atoms with Crippen molar-refractivity contribution < 1.29 is 18.8 Å². The smallest absolute Gasteiger partial charge is 0.162 e. The molecule has 0 saturated carbocycles. The van der Waals surface area contributed by atoms with Gasteiger partial charge >= 0.3 is 0 Å². The first-order valence-electron chi connectivity index (χ1n) is 10.9. The van der Waals surface area contributed by atoms with Crippen LogP contribution in [0.2, 0.25) is 0 Å². The average molecular weight is 463 g/mol. The Kier molecular flexibility index (Phi) is 6.46. The van der Waals surface area contributed by atoms with Crippen LogP contribution in [0.5, 0.6) is 11.5 Å². The van der Waals surface area contributed by atoms with Crippen molar-refractivity contribution in [1.29, 1.82) is 0 Å². The van der Waals surface area contributed by atoms with Gasteiger partial charge in [0.15, 0.2) is 11.5 Å². The molecule has 32 heavy (non-hydrogen) atoms. The number of methoxy groups -OCH3 is 2. The lowest BCUT2D eigenvalue weighted by atomic mass is 9.78. The summed E-state index contributed by atoms with van der Waals surface area (Å²) in [6, 6.07) is 3.82. The summed E-state index contributed by atoms with van der Waals surface area (Å²) in [5, 5.41) is 10.8. The second kappa shape index (κ2) is 8.99. The van der Waals surface area contributed by atoms with Crippen LogP contribution < -0.4 is 14.4 Å². The predicted octanol–water partition coefficient (Wildman–Crippen LogP) is 2.77. The zero-order valence-corrected chi connectivity index (χ0v) is 20.0. The Morgan fingerprint density at radius 3 is 2.44 bits per heavy atom. The summed E-state index contributed by atoms with van der Waals surface area (Å²) >= 11 is 0. The monoisotopic (exact) mass is 462 g/mol. The van der Waals surface area contributed by atoms with Crippen molar-refractivity contribution in [3.63, 3.8) is 0 Å². The molecule has 2 saturated heterocycles. The van der Waals surface area contributed by atoms with Gasteiger partial charge in [0.25, 0.3) is 0 Å². The van der Waals surface area contributed by atoms with Crippen LogP contribution >= 0.6 is 0 Å². The Hall–Kier alpha value is -2.17. The van der Waals surface area contributed by atoms with Crippen LogP contribution in [0, 0.1) is 5.41 Å². The van der Waals surface area contributed by atoms with Gasteiger partial charge in [-0.15, -0.1) is 10.8 Å². The first-order valence-corrected chi connectivity index (χ1v) is 12.0. The lowest BCUT2D eigenvalue weighted by molar-refractivity contribution is 0.0907. The maximum atomic E-state index is 12.6. The standard InChI is InChI=1S/C22H32N5O4S/c1-21(2,28)13-25-32(29)27-10-7-22(14-27)5-8-26(9-6-22)20-16-11-18(30-3)19(31-4)12-17(16)23-15-24-20/h11-12,15,28H,5-10,13-14H2,1-4H3/q-1. The third kappa shape index (κ3) is 4.77. The number of rotatable bonds is 6. The molecule has 0 aliphatic carbocycles. The van der Waals surface area contributed by atoms with Crippen LogP contribution in [-0.4, -0.2) is 71.9 Å². The Balaban J connectivity index is 1.48. The third-order valence-corrected chi connectivity index (χ3v) is 7.53. The van der Waals surface area contributed by atoms with Crippen molar-refractivity contribution in [2.24, 2.45) is 9.78 Å². The Bertz CT molecular complexity index is 1060. The molecule has 9 nitrogen and oxygen atoms in total. The molecule has 1 aromatic heterocycles. The number of hydrogen-bond donors (Lipinski definition) is 1. The molecule has 10 heteroatoms. The van der Waals surface area contributed by atoms with E-state index in [-0.39, 0.29) is 12.0 Å². The minimum absolute atomic E-state index is 0.153. The number of piperidine rings is 1. The molecule has 0 unspecified atom stereocenters. The van der Waals surface area contributed by atoms with Crippen molar-refractivity contribution in [2.75, 3.05) is 51.8 Å². The Labute approximate surface area is 191 Å². The molecule has 1 spiro atoms. The van der Waals surface area contributed by atoms with E-state index in [0.29, 0.717) is 11.5 Å². The van der Waals surface area contributed by atoms with E-state index < -0.39 is 16.4 Å². The summed E-state index contributed by atoms with van der Waals surface area (Å²) < 4.78 is 29.6. The molecule has 1 aromatic carbocycles.